The lowest BCUT2D eigenvalue weighted by molar-refractivity contribution is -0.148. The van der Waals surface area contributed by atoms with Gasteiger partial charge in [0.05, 0.1) is 23.5 Å². The first-order chi connectivity index (χ1) is 12.5. The van der Waals surface area contributed by atoms with Crippen LogP contribution in [-0.2, 0) is 20.7 Å². The van der Waals surface area contributed by atoms with Crippen LogP contribution in [0.5, 0.6) is 0 Å². The molecule has 26 heavy (non-hydrogen) atoms. The molecular formula is C18H17N3O4S. The van der Waals surface area contributed by atoms with Crippen molar-refractivity contribution in [2.45, 2.75) is 19.4 Å². The topological polar surface area (TPSA) is 101 Å². The average Bonchev–Trinajstić information content (AvgIpc) is 3.17. The maximum atomic E-state index is 12.0. The number of carbonyl (C=O) groups is 2. The van der Waals surface area contributed by atoms with Gasteiger partial charge in [-0.1, -0.05) is 24.3 Å². The zero-order valence-corrected chi connectivity index (χ0v) is 14.8. The van der Waals surface area contributed by atoms with E-state index in [-0.39, 0.29) is 30.5 Å². The first-order valence-corrected chi connectivity index (χ1v) is 8.87. The van der Waals surface area contributed by atoms with Crippen molar-refractivity contribution in [1.82, 2.24) is 15.5 Å². The van der Waals surface area contributed by atoms with Gasteiger partial charge in [-0.25, -0.2) is 5.10 Å². The average molecular weight is 371 g/mol. The fraction of sp³-hybridized carbons (Fsp3) is 0.222. The quantitative estimate of drug-likeness (QED) is 0.645. The Bertz CT molecular complexity index is 982. The van der Waals surface area contributed by atoms with Gasteiger partial charge >= 0.3 is 5.97 Å². The van der Waals surface area contributed by atoms with Crippen LogP contribution in [0.1, 0.15) is 23.5 Å². The number of aromatic nitrogens is 2. The monoisotopic (exact) mass is 371 g/mol. The number of rotatable bonds is 6. The fourth-order valence-electron chi connectivity index (χ4n) is 2.53. The summed E-state index contributed by atoms with van der Waals surface area (Å²) in [5, 5.41) is 12.0. The Morgan fingerprint density at radius 2 is 2.00 bits per heavy atom. The first-order valence-electron chi connectivity index (χ1n) is 7.99. The van der Waals surface area contributed by atoms with Gasteiger partial charge in [0.1, 0.15) is 0 Å². The first kappa shape index (κ1) is 17.8. The van der Waals surface area contributed by atoms with Crippen molar-refractivity contribution in [1.29, 1.82) is 0 Å². The number of hydrogen-bond donors (Lipinski definition) is 2. The number of hydrogen-bond acceptors (Lipinski definition) is 6. The maximum absolute atomic E-state index is 12.0. The standard InChI is InChI=1S/C18H17N3O4S/c1-11(15-7-4-8-26-15)19-16(22)10-25-17(23)9-14-12-5-2-3-6-13(12)18(24)21-20-14/h2-8,11H,9-10H2,1H3,(H,19,22)(H,21,24)/t11-/m1/s1. The minimum absolute atomic E-state index is 0.134. The van der Waals surface area contributed by atoms with Crippen LogP contribution in [0.2, 0.25) is 0 Å². The van der Waals surface area contributed by atoms with Crippen LogP contribution >= 0.6 is 11.3 Å². The zero-order chi connectivity index (χ0) is 18.5. The number of thiophene rings is 1. The summed E-state index contributed by atoms with van der Waals surface area (Å²) in [7, 11) is 0. The summed E-state index contributed by atoms with van der Waals surface area (Å²) in [5.41, 5.74) is 0.0808. The molecule has 1 aromatic carbocycles. The fourth-order valence-corrected chi connectivity index (χ4v) is 3.27. The summed E-state index contributed by atoms with van der Waals surface area (Å²) in [6.45, 7) is 1.50. The molecule has 2 N–H and O–H groups in total. The highest BCUT2D eigenvalue weighted by Crippen LogP contribution is 2.18. The lowest BCUT2D eigenvalue weighted by Gasteiger charge is -2.12. The third-order valence-corrected chi connectivity index (χ3v) is 4.85. The number of nitrogens with one attached hydrogen (secondary N) is 2. The molecule has 2 heterocycles. The highest BCUT2D eigenvalue weighted by atomic mass is 32.1. The zero-order valence-electron chi connectivity index (χ0n) is 14.0. The van der Waals surface area contributed by atoms with E-state index in [0.29, 0.717) is 16.5 Å². The molecule has 7 nitrogen and oxygen atoms in total. The highest BCUT2D eigenvalue weighted by Gasteiger charge is 2.15. The van der Waals surface area contributed by atoms with Crippen LogP contribution in [0.4, 0.5) is 0 Å². The highest BCUT2D eigenvalue weighted by molar-refractivity contribution is 7.10. The summed E-state index contributed by atoms with van der Waals surface area (Å²) in [6, 6.07) is 10.6. The molecule has 0 saturated heterocycles. The van der Waals surface area contributed by atoms with E-state index in [9.17, 15) is 14.4 Å². The van der Waals surface area contributed by atoms with Gasteiger partial charge in [0.15, 0.2) is 6.61 Å². The van der Waals surface area contributed by atoms with E-state index in [4.69, 9.17) is 4.74 Å². The van der Waals surface area contributed by atoms with E-state index in [1.807, 2.05) is 24.4 Å². The Morgan fingerprint density at radius 1 is 1.23 bits per heavy atom. The van der Waals surface area contributed by atoms with Crippen LogP contribution in [-0.4, -0.2) is 28.7 Å². The molecule has 1 atom stereocenters. The molecule has 134 valence electrons. The van der Waals surface area contributed by atoms with E-state index in [2.05, 4.69) is 15.5 Å². The Hall–Kier alpha value is -3.00. The van der Waals surface area contributed by atoms with Gasteiger partial charge in [-0.15, -0.1) is 11.3 Å². The van der Waals surface area contributed by atoms with Gasteiger partial charge in [0.25, 0.3) is 11.5 Å². The molecule has 2 aromatic heterocycles. The molecule has 0 aliphatic heterocycles. The van der Waals surface area contributed by atoms with Crippen LogP contribution in [0.15, 0.2) is 46.6 Å². The normalized spacial score (nSPS) is 11.9. The molecule has 8 heteroatoms. The van der Waals surface area contributed by atoms with Gasteiger partial charge in [-0.3, -0.25) is 14.4 Å². The number of aromatic amines is 1. The molecule has 0 spiro atoms. The van der Waals surface area contributed by atoms with Crippen molar-refractivity contribution in [2.24, 2.45) is 0 Å². The van der Waals surface area contributed by atoms with Crippen molar-refractivity contribution < 1.29 is 14.3 Å². The van der Waals surface area contributed by atoms with Crippen LogP contribution < -0.4 is 10.9 Å². The van der Waals surface area contributed by atoms with Gasteiger partial charge in [-0.05, 0) is 24.4 Å². The molecule has 0 radical (unpaired) electrons. The van der Waals surface area contributed by atoms with Gasteiger partial charge < -0.3 is 10.1 Å². The maximum Gasteiger partial charge on any atom is 0.312 e. The van der Waals surface area contributed by atoms with E-state index >= 15 is 0 Å². The Labute approximate surface area is 153 Å². The Kier molecular flexibility index (Phi) is 5.43. The Balaban J connectivity index is 1.57. The predicted octanol–water partition coefficient (Wildman–Crippen LogP) is 1.95. The minimum atomic E-state index is -0.589. The molecule has 0 unspecified atom stereocenters. The van der Waals surface area contributed by atoms with Crippen molar-refractivity contribution in [3.8, 4) is 0 Å². The molecule has 3 rings (SSSR count). The van der Waals surface area contributed by atoms with E-state index in [1.165, 1.54) is 0 Å². The molecular weight excluding hydrogens is 354 g/mol. The number of fused-ring (bicyclic) bond motifs is 1. The number of carbonyl (C=O) groups excluding carboxylic acids is 2. The number of amides is 1. The summed E-state index contributed by atoms with van der Waals surface area (Å²) in [6.07, 6.45) is -0.134. The predicted molar refractivity (Wildman–Crippen MR) is 97.9 cm³/mol. The number of esters is 1. The summed E-state index contributed by atoms with van der Waals surface area (Å²) >= 11 is 1.54. The van der Waals surface area contributed by atoms with Gasteiger partial charge in [0, 0.05) is 10.3 Å². The molecule has 3 aromatic rings. The van der Waals surface area contributed by atoms with Gasteiger partial charge in [0.2, 0.25) is 0 Å². The van der Waals surface area contributed by atoms with Crippen molar-refractivity contribution in [2.75, 3.05) is 6.61 Å². The molecule has 0 saturated carbocycles. The number of nitrogens with zero attached hydrogens (tertiary/aromatic N) is 1. The second-order valence-corrected chi connectivity index (χ2v) is 6.67. The molecule has 0 aliphatic carbocycles. The molecule has 0 bridgehead atoms. The summed E-state index contributed by atoms with van der Waals surface area (Å²) < 4.78 is 5.03. The number of ether oxygens (including phenoxy) is 1. The number of H-pyrrole nitrogens is 1. The lowest BCUT2D eigenvalue weighted by atomic mass is 10.1. The van der Waals surface area contributed by atoms with Crippen LogP contribution in [0.25, 0.3) is 10.8 Å². The van der Waals surface area contributed by atoms with Crippen LogP contribution in [0.3, 0.4) is 0 Å². The second kappa shape index (κ2) is 7.92. The second-order valence-electron chi connectivity index (χ2n) is 5.69. The minimum Gasteiger partial charge on any atom is -0.455 e. The largest absolute Gasteiger partial charge is 0.455 e. The Morgan fingerprint density at radius 3 is 2.73 bits per heavy atom. The third kappa shape index (κ3) is 4.15. The molecule has 0 aliphatic rings. The van der Waals surface area contributed by atoms with E-state index < -0.39 is 5.97 Å². The SMILES string of the molecule is C[C@@H](NC(=O)COC(=O)Cc1n[nH]c(=O)c2ccccc12)c1cccs1. The summed E-state index contributed by atoms with van der Waals surface area (Å²) in [4.78, 5) is 36.7. The lowest BCUT2D eigenvalue weighted by Crippen LogP contribution is -2.31. The summed E-state index contributed by atoms with van der Waals surface area (Å²) in [5.74, 6) is -0.966. The van der Waals surface area contributed by atoms with E-state index in [0.717, 1.165) is 4.88 Å². The van der Waals surface area contributed by atoms with Crippen LogP contribution in [0, 0.1) is 0 Å². The number of benzene rings is 1. The van der Waals surface area contributed by atoms with Crippen molar-refractivity contribution >= 4 is 34.0 Å². The molecule has 0 fully saturated rings. The third-order valence-electron chi connectivity index (χ3n) is 3.80. The van der Waals surface area contributed by atoms with Crippen molar-refractivity contribution in [3.05, 3.63) is 62.7 Å². The van der Waals surface area contributed by atoms with Crippen molar-refractivity contribution in [3.63, 3.8) is 0 Å². The van der Waals surface area contributed by atoms with Gasteiger partial charge in [-0.2, -0.15) is 5.10 Å². The van der Waals surface area contributed by atoms with E-state index in [1.54, 1.807) is 35.6 Å². The smallest absolute Gasteiger partial charge is 0.312 e. The molecule has 1 amide bonds.